The van der Waals surface area contributed by atoms with Crippen molar-refractivity contribution in [3.63, 3.8) is 0 Å². The first-order valence-corrected chi connectivity index (χ1v) is 8.32. The molecule has 1 heterocycles. The summed E-state index contributed by atoms with van der Waals surface area (Å²) in [6.07, 6.45) is 2.69. The van der Waals surface area contributed by atoms with E-state index in [4.69, 9.17) is 0 Å². The summed E-state index contributed by atoms with van der Waals surface area (Å²) >= 11 is 0. The van der Waals surface area contributed by atoms with Gasteiger partial charge in [-0.15, -0.1) is 0 Å². The van der Waals surface area contributed by atoms with Gasteiger partial charge in [0.15, 0.2) is 0 Å². The summed E-state index contributed by atoms with van der Waals surface area (Å²) in [5, 5.41) is 5.62. The smallest absolute Gasteiger partial charge is 0.319 e. The van der Waals surface area contributed by atoms with Gasteiger partial charge < -0.3 is 15.6 Å². The van der Waals surface area contributed by atoms with E-state index in [0.717, 1.165) is 41.8 Å². The van der Waals surface area contributed by atoms with Crippen LogP contribution in [0.3, 0.4) is 0 Å². The van der Waals surface area contributed by atoms with E-state index in [1.807, 2.05) is 55.5 Å². The zero-order valence-corrected chi connectivity index (χ0v) is 13.8. The van der Waals surface area contributed by atoms with Crippen LogP contribution in [0, 0.1) is 0 Å². The van der Waals surface area contributed by atoms with E-state index >= 15 is 0 Å². The summed E-state index contributed by atoms with van der Waals surface area (Å²) < 4.78 is 0. The quantitative estimate of drug-likeness (QED) is 0.644. The number of hydrogen-bond acceptors (Lipinski definition) is 2. The molecule has 3 aromatic rings. The number of fused-ring (bicyclic) bond motifs is 1. The molecule has 0 saturated heterocycles. The Hall–Kier alpha value is -2.82. The lowest BCUT2D eigenvalue weighted by Gasteiger charge is -2.07. The molecule has 5 heteroatoms. The molecule has 3 N–H and O–H groups in total. The van der Waals surface area contributed by atoms with E-state index in [1.165, 1.54) is 5.56 Å². The molecule has 0 aliphatic heterocycles. The molecule has 0 bridgehead atoms. The van der Waals surface area contributed by atoms with Crippen molar-refractivity contribution in [3.05, 3.63) is 59.9 Å². The van der Waals surface area contributed by atoms with Crippen molar-refractivity contribution in [2.75, 3.05) is 11.9 Å². The highest BCUT2D eigenvalue weighted by Crippen LogP contribution is 2.14. The van der Waals surface area contributed by atoms with Gasteiger partial charge in [-0.05, 0) is 42.7 Å². The lowest BCUT2D eigenvalue weighted by atomic mass is 10.1. The average Bonchev–Trinajstić information content (AvgIpc) is 3.02. The number of benzene rings is 2. The minimum Gasteiger partial charge on any atom is -0.342 e. The largest absolute Gasteiger partial charge is 0.342 e. The van der Waals surface area contributed by atoms with Gasteiger partial charge in [0.2, 0.25) is 0 Å². The fourth-order valence-electron chi connectivity index (χ4n) is 2.56. The standard InChI is InChI=1S/C19H22N4O/c1-2-13-20-19(24)21-15-10-7-14(8-11-15)9-12-18-22-16-5-3-4-6-17(16)23-18/h3-8,10-11H,2,9,12-13H2,1H3,(H,22,23)(H2,20,21,24). The Morgan fingerprint density at radius 1 is 1.08 bits per heavy atom. The Morgan fingerprint density at radius 2 is 1.88 bits per heavy atom. The Bertz CT molecular complexity index is 775. The number of nitrogens with one attached hydrogen (secondary N) is 3. The van der Waals surface area contributed by atoms with Gasteiger partial charge in [-0.2, -0.15) is 0 Å². The Morgan fingerprint density at radius 3 is 2.62 bits per heavy atom. The van der Waals surface area contributed by atoms with Crippen LogP contribution in [-0.4, -0.2) is 22.5 Å². The first kappa shape index (κ1) is 16.1. The number of anilines is 1. The highest BCUT2D eigenvalue weighted by molar-refractivity contribution is 5.89. The van der Waals surface area contributed by atoms with E-state index in [9.17, 15) is 4.79 Å². The number of aromatic nitrogens is 2. The second-order valence-corrected chi connectivity index (χ2v) is 5.78. The molecule has 0 unspecified atom stereocenters. The number of urea groups is 1. The zero-order chi connectivity index (χ0) is 16.8. The van der Waals surface area contributed by atoms with Crippen molar-refractivity contribution in [3.8, 4) is 0 Å². The van der Waals surface area contributed by atoms with Gasteiger partial charge in [0, 0.05) is 18.7 Å². The first-order chi connectivity index (χ1) is 11.7. The summed E-state index contributed by atoms with van der Waals surface area (Å²) in [5.41, 5.74) is 4.10. The number of hydrogen-bond donors (Lipinski definition) is 3. The van der Waals surface area contributed by atoms with Crippen LogP contribution in [0.4, 0.5) is 10.5 Å². The van der Waals surface area contributed by atoms with Crippen molar-refractivity contribution in [2.45, 2.75) is 26.2 Å². The molecule has 124 valence electrons. The minimum atomic E-state index is -0.160. The second-order valence-electron chi connectivity index (χ2n) is 5.78. The maximum absolute atomic E-state index is 11.6. The fourth-order valence-corrected chi connectivity index (χ4v) is 2.56. The normalized spacial score (nSPS) is 10.7. The summed E-state index contributed by atoms with van der Waals surface area (Å²) in [5.74, 6) is 0.998. The zero-order valence-electron chi connectivity index (χ0n) is 13.8. The number of H-pyrrole nitrogens is 1. The van der Waals surface area contributed by atoms with Crippen LogP contribution in [-0.2, 0) is 12.8 Å². The molecule has 0 atom stereocenters. The fraction of sp³-hybridized carbons (Fsp3) is 0.263. The van der Waals surface area contributed by atoms with E-state index in [-0.39, 0.29) is 6.03 Å². The minimum absolute atomic E-state index is 0.160. The van der Waals surface area contributed by atoms with Gasteiger partial charge in [-0.1, -0.05) is 31.2 Å². The van der Waals surface area contributed by atoms with Gasteiger partial charge >= 0.3 is 6.03 Å². The molecule has 0 aliphatic carbocycles. The van der Waals surface area contributed by atoms with Crippen LogP contribution < -0.4 is 10.6 Å². The highest BCUT2D eigenvalue weighted by atomic mass is 16.2. The molecular weight excluding hydrogens is 300 g/mol. The summed E-state index contributed by atoms with van der Waals surface area (Å²) in [7, 11) is 0. The lowest BCUT2D eigenvalue weighted by Crippen LogP contribution is -2.29. The number of carbonyl (C=O) groups is 1. The third kappa shape index (κ3) is 4.13. The molecule has 0 fully saturated rings. The lowest BCUT2D eigenvalue weighted by molar-refractivity contribution is 0.252. The third-order valence-corrected chi connectivity index (χ3v) is 3.84. The maximum Gasteiger partial charge on any atom is 0.319 e. The molecule has 3 rings (SSSR count). The number of aryl methyl sites for hydroxylation is 2. The Labute approximate surface area is 141 Å². The summed E-state index contributed by atoms with van der Waals surface area (Å²) in [4.78, 5) is 19.6. The van der Waals surface area contributed by atoms with Crippen molar-refractivity contribution >= 4 is 22.8 Å². The Balaban J connectivity index is 1.55. The van der Waals surface area contributed by atoms with Crippen LogP contribution in [0.2, 0.25) is 0 Å². The number of imidazole rings is 1. The number of para-hydroxylation sites is 2. The molecule has 0 spiro atoms. The van der Waals surface area contributed by atoms with E-state index < -0.39 is 0 Å². The van der Waals surface area contributed by atoms with Crippen molar-refractivity contribution in [2.24, 2.45) is 0 Å². The predicted molar refractivity (Wildman–Crippen MR) is 97.3 cm³/mol. The van der Waals surface area contributed by atoms with E-state index in [0.29, 0.717) is 6.54 Å². The number of carbonyl (C=O) groups excluding carboxylic acids is 1. The van der Waals surface area contributed by atoms with E-state index in [1.54, 1.807) is 0 Å². The van der Waals surface area contributed by atoms with Gasteiger partial charge in [0.1, 0.15) is 5.82 Å². The van der Waals surface area contributed by atoms with Gasteiger partial charge in [-0.25, -0.2) is 9.78 Å². The second kappa shape index (κ2) is 7.64. The van der Waals surface area contributed by atoms with Crippen LogP contribution in [0.5, 0.6) is 0 Å². The number of aromatic amines is 1. The van der Waals surface area contributed by atoms with Crippen LogP contribution in [0.15, 0.2) is 48.5 Å². The maximum atomic E-state index is 11.6. The average molecular weight is 322 g/mol. The van der Waals surface area contributed by atoms with E-state index in [2.05, 4.69) is 20.6 Å². The molecular formula is C19H22N4O. The van der Waals surface area contributed by atoms with Gasteiger partial charge in [0.05, 0.1) is 11.0 Å². The molecule has 0 radical (unpaired) electrons. The number of amides is 2. The molecule has 0 saturated carbocycles. The van der Waals surface area contributed by atoms with Gasteiger partial charge in [-0.3, -0.25) is 0 Å². The SMILES string of the molecule is CCCNC(=O)Nc1ccc(CCc2nc3ccccc3[nH]2)cc1. The monoisotopic (exact) mass is 322 g/mol. The van der Waals surface area contributed by atoms with Crippen LogP contribution >= 0.6 is 0 Å². The molecule has 2 amide bonds. The molecule has 0 aliphatic rings. The van der Waals surface area contributed by atoms with Crippen molar-refractivity contribution < 1.29 is 4.79 Å². The number of nitrogens with zero attached hydrogens (tertiary/aromatic N) is 1. The first-order valence-electron chi connectivity index (χ1n) is 8.32. The van der Waals surface area contributed by atoms with Crippen molar-refractivity contribution in [1.29, 1.82) is 0 Å². The molecule has 1 aromatic heterocycles. The molecule has 5 nitrogen and oxygen atoms in total. The van der Waals surface area contributed by atoms with Crippen molar-refractivity contribution in [1.82, 2.24) is 15.3 Å². The van der Waals surface area contributed by atoms with Crippen LogP contribution in [0.1, 0.15) is 24.7 Å². The molecule has 2 aromatic carbocycles. The van der Waals surface area contributed by atoms with Gasteiger partial charge in [0.25, 0.3) is 0 Å². The third-order valence-electron chi connectivity index (χ3n) is 3.84. The molecule has 24 heavy (non-hydrogen) atoms. The summed E-state index contributed by atoms with van der Waals surface area (Å²) in [6, 6.07) is 15.8. The predicted octanol–water partition coefficient (Wildman–Crippen LogP) is 3.88. The Kier molecular flexibility index (Phi) is 5.11. The summed E-state index contributed by atoms with van der Waals surface area (Å²) in [6.45, 7) is 2.71. The topological polar surface area (TPSA) is 69.8 Å². The number of rotatable bonds is 6. The highest BCUT2D eigenvalue weighted by Gasteiger charge is 2.04. The van der Waals surface area contributed by atoms with Crippen LogP contribution in [0.25, 0.3) is 11.0 Å².